The number of hydrogen-bond acceptors (Lipinski definition) is 3. The Hall–Kier alpha value is -1.30. The molecule has 21 heavy (non-hydrogen) atoms. The number of methoxy groups -OCH3 is 1. The van der Waals surface area contributed by atoms with E-state index >= 15 is 0 Å². The Morgan fingerprint density at radius 3 is 2.76 bits per heavy atom. The average molecular weight is 298 g/mol. The van der Waals surface area contributed by atoms with Crippen molar-refractivity contribution in [3.8, 4) is 0 Å². The lowest BCUT2D eigenvalue weighted by Crippen LogP contribution is -2.51. The van der Waals surface area contributed by atoms with Crippen LogP contribution in [0, 0.1) is 0 Å². The molecule has 6 heteroatoms. The van der Waals surface area contributed by atoms with Gasteiger partial charge in [0.1, 0.15) is 0 Å². The monoisotopic (exact) mass is 298 g/mol. The van der Waals surface area contributed by atoms with Crippen molar-refractivity contribution in [2.75, 3.05) is 13.7 Å². The molecule has 3 unspecified atom stereocenters. The number of carbonyl (C=O) groups excluding carboxylic acids is 1. The lowest BCUT2D eigenvalue weighted by molar-refractivity contribution is -0.137. The minimum Gasteiger partial charge on any atom is -0.481 e. The van der Waals surface area contributed by atoms with E-state index < -0.39 is 5.97 Å². The number of hydrogen-bond donors (Lipinski definition) is 2. The van der Waals surface area contributed by atoms with Crippen molar-refractivity contribution < 1.29 is 19.4 Å². The van der Waals surface area contributed by atoms with Gasteiger partial charge in [0, 0.05) is 32.2 Å². The molecular weight excluding hydrogens is 272 g/mol. The maximum Gasteiger partial charge on any atom is 0.317 e. The highest BCUT2D eigenvalue weighted by atomic mass is 16.5. The summed E-state index contributed by atoms with van der Waals surface area (Å²) in [6.07, 6.45) is 6.73. The third kappa shape index (κ3) is 4.59. The normalized spacial score (nSPS) is 29.4. The fourth-order valence-electron chi connectivity index (χ4n) is 3.40. The number of urea groups is 1. The van der Waals surface area contributed by atoms with E-state index in [0.29, 0.717) is 6.42 Å². The summed E-state index contributed by atoms with van der Waals surface area (Å²) in [6.45, 7) is 0.733. The molecule has 2 rings (SSSR count). The second-order valence-corrected chi connectivity index (χ2v) is 6.09. The summed E-state index contributed by atoms with van der Waals surface area (Å²) in [5, 5.41) is 11.9. The van der Waals surface area contributed by atoms with Gasteiger partial charge in [-0.05, 0) is 44.9 Å². The molecule has 2 fully saturated rings. The number of nitrogens with one attached hydrogen (secondary N) is 1. The minimum absolute atomic E-state index is 0.0353. The smallest absolute Gasteiger partial charge is 0.317 e. The summed E-state index contributed by atoms with van der Waals surface area (Å²) in [7, 11) is 1.71. The Morgan fingerprint density at radius 1 is 1.29 bits per heavy atom. The van der Waals surface area contributed by atoms with Crippen LogP contribution in [-0.2, 0) is 9.53 Å². The van der Waals surface area contributed by atoms with E-state index in [1.165, 1.54) is 0 Å². The number of ether oxygens (including phenoxy) is 1. The van der Waals surface area contributed by atoms with E-state index in [4.69, 9.17) is 9.84 Å². The zero-order chi connectivity index (χ0) is 15.2. The topological polar surface area (TPSA) is 78.9 Å². The number of carboxylic acids is 1. The third-order valence-corrected chi connectivity index (χ3v) is 4.62. The Balaban J connectivity index is 1.84. The van der Waals surface area contributed by atoms with Gasteiger partial charge in [0.2, 0.25) is 0 Å². The van der Waals surface area contributed by atoms with Gasteiger partial charge >= 0.3 is 12.0 Å². The third-order valence-electron chi connectivity index (χ3n) is 4.62. The zero-order valence-corrected chi connectivity index (χ0v) is 12.7. The van der Waals surface area contributed by atoms with Gasteiger partial charge in [-0.25, -0.2) is 4.79 Å². The number of carboxylic acid groups (broad SMARTS) is 1. The predicted octanol–water partition coefficient (Wildman–Crippen LogP) is 1.98. The number of likely N-dealkylation sites (tertiary alicyclic amines) is 1. The average Bonchev–Trinajstić information content (AvgIpc) is 2.93. The van der Waals surface area contributed by atoms with Gasteiger partial charge in [0.05, 0.1) is 6.10 Å². The first-order valence-corrected chi connectivity index (χ1v) is 7.92. The molecule has 3 atom stereocenters. The lowest BCUT2D eigenvalue weighted by atomic mass is 9.98. The molecule has 0 radical (unpaired) electrons. The fourth-order valence-corrected chi connectivity index (χ4v) is 3.40. The number of rotatable bonds is 5. The van der Waals surface area contributed by atoms with Crippen molar-refractivity contribution in [1.82, 2.24) is 10.2 Å². The van der Waals surface area contributed by atoms with Crippen molar-refractivity contribution in [1.29, 1.82) is 0 Å². The largest absolute Gasteiger partial charge is 0.481 e. The molecule has 2 aliphatic rings. The first-order chi connectivity index (χ1) is 10.1. The van der Waals surface area contributed by atoms with E-state index in [2.05, 4.69) is 5.32 Å². The highest BCUT2D eigenvalue weighted by Crippen LogP contribution is 2.24. The number of nitrogens with zero attached hydrogens (tertiary/aromatic N) is 1. The van der Waals surface area contributed by atoms with Crippen LogP contribution in [0.3, 0.4) is 0 Å². The zero-order valence-electron chi connectivity index (χ0n) is 12.7. The molecule has 6 nitrogen and oxygen atoms in total. The van der Waals surface area contributed by atoms with E-state index in [0.717, 1.165) is 45.1 Å². The van der Waals surface area contributed by atoms with Crippen LogP contribution in [-0.4, -0.2) is 53.8 Å². The van der Waals surface area contributed by atoms with Gasteiger partial charge in [-0.2, -0.15) is 0 Å². The minimum atomic E-state index is -0.792. The molecular formula is C15H26N2O4. The maximum absolute atomic E-state index is 12.4. The van der Waals surface area contributed by atoms with E-state index in [1.54, 1.807) is 7.11 Å². The number of amides is 2. The van der Waals surface area contributed by atoms with Crippen molar-refractivity contribution in [2.24, 2.45) is 0 Å². The quantitative estimate of drug-likeness (QED) is 0.813. The van der Waals surface area contributed by atoms with E-state index in [9.17, 15) is 9.59 Å². The van der Waals surface area contributed by atoms with Gasteiger partial charge in [-0.15, -0.1) is 0 Å². The van der Waals surface area contributed by atoms with Crippen molar-refractivity contribution in [3.05, 3.63) is 0 Å². The summed E-state index contributed by atoms with van der Waals surface area (Å²) in [6, 6.07) is 0.214. The first kappa shape index (κ1) is 16.1. The Bertz CT molecular complexity index is 375. The second-order valence-electron chi connectivity index (χ2n) is 6.09. The number of piperidine rings is 1. The van der Waals surface area contributed by atoms with E-state index in [-0.39, 0.29) is 30.6 Å². The van der Waals surface area contributed by atoms with Crippen LogP contribution in [0.15, 0.2) is 0 Å². The van der Waals surface area contributed by atoms with Gasteiger partial charge in [-0.3, -0.25) is 4.79 Å². The van der Waals surface area contributed by atoms with Crippen molar-refractivity contribution in [3.63, 3.8) is 0 Å². The Labute approximate surface area is 125 Å². The molecule has 0 bridgehead atoms. The summed E-state index contributed by atoms with van der Waals surface area (Å²) in [4.78, 5) is 25.0. The van der Waals surface area contributed by atoms with Gasteiger partial charge in [0.25, 0.3) is 0 Å². The van der Waals surface area contributed by atoms with Gasteiger partial charge < -0.3 is 20.1 Å². The fraction of sp³-hybridized carbons (Fsp3) is 0.867. The molecule has 0 aromatic rings. The van der Waals surface area contributed by atoms with Crippen LogP contribution in [0.25, 0.3) is 0 Å². The molecule has 1 aliphatic heterocycles. The molecule has 1 saturated heterocycles. The molecule has 1 heterocycles. The number of aliphatic carboxylic acids is 1. The van der Waals surface area contributed by atoms with Crippen LogP contribution >= 0.6 is 0 Å². The Kier molecular flexibility index (Phi) is 5.85. The van der Waals surface area contributed by atoms with Crippen LogP contribution in [0.2, 0.25) is 0 Å². The van der Waals surface area contributed by atoms with Crippen LogP contribution in [0.1, 0.15) is 51.4 Å². The second kappa shape index (κ2) is 7.64. The number of carbonyl (C=O) groups is 2. The summed E-state index contributed by atoms with van der Waals surface area (Å²) in [5.74, 6) is -0.792. The molecule has 120 valence electrons. The van der Waals surface area contributed by atoms with Crippen molar-refractivity contribution >= 4 is 12.0 Å². The summed E-state index contributed by atoms with van der Waals surface area (Å²) in [5.41, 5.74) is 0. The standard InChI is InChI=1S/C15H26N2O4/c1-21-13-7-5-11(10-13)16-15(20)17-9-3-2-4-12(17)6-8-14(18)19/h11-13H,2-10H2,1H3,(H,16,20)(H,18,19). The van der Waals surface area contributed by atoms with Crippen LogP contribution in [0.4, 0.5) is 4.79 Å². The molecule has 0 spiro atoms. The summed E-state index contributed by atoms with van der Waals surface area (Å²) >= 11 is 0. The molecule has 1 aliphatic carbocycles. The molecule has 2 amide bonds. The predicted molar refractivity (Wildman–Crippen MR) is 78.2 cm³/mol. The lowest BCUT2D eigenvalue weighted by Gasteiger charge is -2.36. The highest BCUT2D eigenvalue weighted by Gasteiger charge is 2.31. The SMILES string of the molecule is COC1CCC(NC(=O)N2CCCCC2CCC(=O)O)C1. The van der Waals surface area contributed by atoms with Gasteiger partial charge in [0.15, 0.2) is 0 Å². The molecule has 2 N–H and O–H groups in total. The van der Waals surface area contributed by atoms with Gasteiger partial charge in [-0.1, -0.05) is 0 Å². The first-order valence-electron chi connectivity index (χ1n) is 7.92. The van der Waals surface area contributed by atoms with Crippen LogP contribution < -0.4 is 5.32 Å². The summed E-state index contributed by atoms with van der Waals surface area (Å²) < 4.78 is 5.32. The molecule has 1 saturated carbocycles. The molecule has 0 aromatic heterocycles. The van der Waals surface area contributed by atoms with Crippen LogP contribution in [0.5, 0.6) is 0 Å². The highest BCUT2D eigenvalue weighted by molar-refractivity contribution is 5.75. The van der Waals surface area contributed by atoms with E-state index in [1.807, 2.05) is 4.90 Å². The Morgan fingerprint density at radius 2 is 2.10 bits per heavy atom. The van der Waals surface area contributed by atoms with Crippen molar-refractivity contribution in [2.45, 2.75) is 69.6 Å². The molecule has 0 aromatic carbocycles. The maximum atomic E-state index is 12.4.